The molecule has 4 aliphatic carbocycles. The van der Waals surface area contributed by atoms with Crippen LogP contribution in [0.2, 0.25) is 5.02 Å². The first-order valence-corrected chi connectivity index (χ1v) is 12.0. The smallest absolute Gasteiger partial charge is 0.156 e. The van der Waals surface area contributed by atoms with Gasteiger partial charge < -0.3 is 10.2 Å². The van der Waals surface area contributed by atoms with Crippen molar-refractivity contribution in [3.63, 3.8) is 0 Å². The van der Waals surface area contributed by atoms with Crippen LogP contribution in [-0.4, -0.2) is 28.2 Å². The van der Waals surface area contributed by atoms with Crippen LogP contribution < -0.4 is 0 Å². The Morgan fingerprint density at radius 3 is 2.68 bits per heavy atom. The van der Waals surface area contributed by atoms with Crippen LogP contribution >= 0.6 is 11.6 Å². The van der Waals surface area contributed by atoms with Gasteiger partial charge in [-0.2, -0.15) is 0 Å². The summed E-state index contributed by atoms with van der Waals surface area (Å²) in [4.78, 5) is 12.1. The maximum Gasteiger partial charge on any atom is 0.156 e. The summed E-state index contributed by atoms with van der Waals surface area (Å²) in [6.45, 7) is 2.21. The lowest BCUT2D eigenvalue weighted by atomic mass is 9.51. The van der Waals surface area contributed by atoms with E-state index in [0.717, 1.165) is 43.5 Å². The van der Waals surface area contributed by atoms with Gasteiger partial charge in [0, 0.05) is 22.8 Å². The summed E-state index contributed by atoms with van der Waals surface area (Å²) in [5.74, 6) is 1.30. The highest BCUT2D eigenvalue weighted by Crippen LogP contribution is 2.67. The van der Waals surface area contributed by atoms with Crippen LogP contribution in [-0.2, 0) is 4.79 Å². The molecule has 0 aliphatic heterocycles. The molecule has 0 unspecified atom stereocenters. The summed E-state index contributed by atoms with van der Waals surface area (Å²) in [6.07, 6.45) is 11.5. The molecule has 2 saturated carbocycles. The Labute approximate surface area is 189 Å². The molecule has 0 saturated heterocycles. The van der Waals surface area contributed by atoms with Gasteiger partial charge in [-0.1, -0.05) is 48.4 Å². The summed E-state index contributed by atoms with van der Waals surface area (Å²) in [6, 6.07) is 8.18. The fraction of sp³-hybridized carbons (Fsp3) is 0.519. The van der Waals surface area contributed by atoms with Crippen molar-refractivity contribution in [3.8, 4) is 0 Å². The second-order valence-corrected chi connectivity index (χ2v) is 10.5. The van der Waals surface area contributed by atoms with E-state index in [1.807, 2.05) is 24.3 Å². The monoisotopic (exact) mass is 438 g/mol. The Kier molecular flexibility index (Phi) is 5.28. The van der Waals surface area contributed by atoms with Crippen molar-refractivity contribution < 1.29 is 15.0 Å². The molecule has 0 amide bonds. The molecular weight excluding hydrogens is 408 g/mol. The molecule has 0 heterocycles. The Morgan fingerprint density at radius 1 is 1.16 bits per heavy atom. The van der Waals surface area contributed by atoms with Gasteiger partial charge in [-0.3, -0.25) is 4.79 Å². The van der Waals surface area contributed by atoms with Crippen molar-refractivity contribution in [2.24, 2.45) is 17.3 Å². The van der Waals surface area contributed by atoms with Gasteiger partial charge in [-0.15, -0.1) is 0 Å². The fourth-order valence-electron chi connectivity index (χ4n) is 7.21. The third kappa shape index (κ3) is 3.28. The molecule has 1 aromatic carbocycles. The number of aliphatic hydroxyl groups is 2. The molecule has 5 atom stereocenters. The Bertz CT molecular complexity index is 988. The lowest BCUT2D eigenvalue weighted by Gasteiger charge is -2.54. The van der Waals surface area contributed by atoms with Crippen molar-refractivity contribution in [3.05, 3.63) is 69.8 Å². The van der Waals surface area contributed by atoms with E-state index < -0.39 is 5.60 Å². The molecule has 0 aromatic heterocycles. The van der Waals surface area contributed by atoms with E-state index in [4.69, 9.17) is 11.6 Å². The van der Waals surface area contributed by atoms with Crippen LogP contribution in [0.25, 0.3) is 0 Å². The molecule has 5 rings (SSSR count). The zero-order valence-corrected chi connectivity index (χ0v) is 18.9. The molecule has 2 N–H and O–H groups in total. The van der Waals surface area contributed by atoms with E-state index in [1.54, 1.807) is 6.08 Å². The van der Waals surface area contributed by atoms with Crippen molar-refractivity contribution in [1.29, 1.82) is 0 Å². The maximum atomic E-state index is 12.1. The summed E-state index contributed by atoms with van der Waals surface area (Å²) in [5.41, 5.74) is 4.27. The first kappa shape index (κ1) is 21.2. The lowest BCUT2D eigenvalue weighted by molar-refractivity contribution is -0.114. The van der Waals surface area contributed by atoms with E-state index in [1.165, 1.54) is 22.3 Å². The average molecular weight is 439 g/mol. The van der Waals surface area contributed by atoms with Crippen LogP contribution in [0, 0.1) is 17.3 Å². The number of hydrogen-bond donors (Lipinski definition) is 2. The molecule has 0 radical (unpaired) electrons. The predicted molar refractivity (Wildman–Crippen MR) is 123 cm³/mol. The zero-order chi connectivity index (χ0) is 21.8. The van der Waals surface area contributed by atoms with Gasteiger partial charge in [0.05, 0.1) is 12.2 Å². The molecule has 0 bridgehead atoms. The number of aliphatic hydroxyl groups excluding tert-OH is 1. The molecular formula is C27H31ClO3. The number of carbonyl (C=O) groups excluding carboxylic acids is 1. The Hall–Kier alpha value is -1.68. The highest BCUT2D eigenvalue weighted by atomic mass is 35.5. The van der Waals surface area contributed by atoms with E-state index >= 15 is 0 Å². The van der Waals surface area contributed by atoms with E-state index in [0.29, 0.717) is 18.3 Å². The summed E-state index contributed by atoms with van der Waals surface area (Å²) in [5, 5.41) is 21.8. The Balaban J connectivity index is 1.67. The number of rotatable bonds is 3. The van der Waals surface area contributed by atoms with E-state index in [2.05, 4.69) is 19.1 Å². The SMILES string of the molecule is C[C@]12C[C@H](c3ccc(Cl)cc3)C3=C4CCC(=O)C=C4CC[C@H]3[C@@H]1CC[C@@]2(O)C=CCO. The fourth-order valence-corrected chi connectivity index (χ4v) is 7.34. The normalized spacial score (nSPS) is 37.5. The number of fused-ring (bicyclic) bond motifs is 4. The first-order chi connectivity index (χ1) is 14.9. The van der Waals surface area contributed by atoms with Gasteiger partial charge in [0.2, 0.25) is 0 Å². The number of allylic oxidation sites excluding steroid dienone is 4. The second kappa shape index (κ2) is 7.72. The van der Waals surface area contributed by atoms with Crippen LogP contribution in [0.3, 0.4) is 0 Å². The average Bonchev–Trinajstić information content (AvgIpc) is 3.02. The van der Waals surface area contributed by atoms with E-state index in [9.17, 15) is 15.0 Å². The topological polar surface area (TPSA) is 57.5 Å². The van der Waals surface area contributed by atoms with Gasteiger partial charge in [0.25, 0.3) is 0 Å². The molecule has 164 valence electrons. The van der Waals surface area contributed by atoms with Crippen LogP contribution in [0.4, 0.5) is 0 Å². The minimum Gasteiger partial charge on any atom is -0.392 e. The van der Waals surface area contributed by atoms with Crippen molar-refractivity contribution in [2.75, 3.05) is 6.61 Å². The molecule has 1 aromatic rings. The summed E-state index contributed by atoms with van der Waals surface area (Å²) < 4.78 is 0. The van der Waals surface area contributed by atoms with E-state index in [-0.39, 0.29) is 23.7 Å². The largest absolute Gasteiger partial charge is 0.392 e. The van der Waals surface area contributed by atoms with Crippen LogP contribution in [0.1, 0.15) is 63.4 Å². The first-order valence-electron chi connectivity index (χ1n) is 11.6. The minimum absolute atomic E-state index is 0.0510. The van der Waals surface area contributed by atoms with Gasteiger partial charge in [-0.05, 0) is 85.3 Å². The van der Waals surface area contributed by atoms with Gasteiger partial charge >= 0.3 is 0 Å². The van der Waals surface area contributed by atoms with Gasteiger partial charge in [0.1, 0.15) is 0 Å². The summed E-state index contributed by atoms with van der Waals surface area (Å²) >= 11 is 6.20. The third-order valence-corrected chi connectivity index (χ3v) is 8.97. The standard InChI is InChI=1S/C27H31ClO3/c1-26-16-23(17-3-6-19(28)7-4-17)25-21-10-8-20(30)15-18(21)5-9-22(25)24(26)11-13-27(26,31)12-2-14-29/h2-4,6-7,12,15,22-24,29,31H,5,8-11,13-14,16H2,1H3/t22-,23+,24-,26-,27-/m0/s1. The van der Waals surface area contributed by atoms with Gasteiger partial charge in [-0.25, -0.2) is 0 Å². The molecule has 0 spiro atoms. The molecule has 3 nitrogen and oxygen atoms in total. The Morgan fingerprint density at radius 2 is 1.94 bits per heavy atom. The molecule has 2 fully saturated rings. The number of carbonyl (C=O) groups is 1. The van der Waals surface area contributed by atoms with Crippen molar-refractivity contribution >= 4 is 17.4 Å². The van der Waals surface area contributed by atoms with Crippen molar-refractivity contribution in [1.82, 2.24) is 0 Å². The second-order valence-electron chi connectivity index (χ2n) is 10.1. The lowest BCUT2D eigenvalue weighted by Crippen LogP contribution is -2.50. The minimum atomic E-state index is -0.903. The maximum absolute atomic E-state index is 12.1. The quantitative estimate of drug-likeness (QED) is 0.611. The van der Waals surface area contributed by atoms with Crippen molar-refractivity contribution in [2.45, 2.75) is 63.4 Å². The predicted octanol–water partition coefficient (Wildman–Crippen LogP) is 5.52. The summed E-state index contributed by atoms with van der Waals surface area (Å²) in [7, 11) is 0. The van der Waals surface area contributed by atoms with Gasteiger partial charge in [0.15, 0.2) is 5.78 Å². The third-order valence-electron chi connectivity index (χ3n) is 8.72. The highest BCUT2D eigenvalue weighted by Gasteiger charge is 2.61. The zero-order valence-electron chi connectivity index (χ0n) is 18.1. The molecule has 4 aliphatic rings. The van der Waals surface area contributed by atoms with Crippen LogP contribution in [0.5, 0.6) is 0 Å². The number of benzene rings is 1. The number of ketones is 1. The molecule has 4 heteroatoms. The highest BCUT2D eigenvalue weighted by molar-refractivity contribution is 6.30. The number of hydrogen-bond acceptors (Lipinski definition) is 3. The van der Waals surface area contributed by atoms with Crippen LogP contribution in [0.15, 0.2) is 59.2 Å². The number of halogens is 1. The molecule has 31 heavy (non-hydrogen) atoms.